The standard InChI is InChI=1S/C21H14ClN3O2S/c22-13-9-11-14(12-10-13)28-18-8-4-3-7-17(18)23-21(27)19-15-5-1-2-6-16(15)20(26)25-24-19/h1-12H,(H,23,27)(H,25,26). The van der Waals surface area contributed by atoms with Crippen molar-refractivity contribution in [1.29, 1.82) is 0 Å². The lowest BCUT2D eigenvalue weighted by atomic mass is 10.1. The summed E-state index contributed by atoms with van der Waals surface area (Å²) in [5, 5.41) is 10.8. The number of anilines is 1. The lowest BCUT2D eigenvalue weighted by Crippen LogP contribution is -2.19. The Kier molecular flexibility index (Phi) is 5.14. The largest absolute Gasteiger partial charge is 0.320 e. The van der Waals surface area contributed by atoms with Crippen molar-refractivity contribution in [2.24, 2.45) is 0 Å². The Morgan fingerprint density at radius 3 is 2.39 bits per heavy atom. The van der Waals surface area contributed by atoms with E-state index in [2.05, 4.69) is 15.5 Å². The monoisotopic (exact) mass is 407 g/mol. The van der Waals surface area contributed by atoms with Gasteiger partial charge in [0.15, 0.2) is 5.69 Å². The lowest BCUT2D eigenvalue weighted by molar-refractivity contribution is 0.102. The normalized spacial score (nSPS) is 10.8. The van der Waals surface area contributed by atoms with E-state index in [4.69, 9.17) is 11.6 Å². The van der Waals surface area contributed by atoms with Crippen molar-refractivity contribution in [3.63, 3.8) is 0 Å². The third-order valence-corrected chi connectivity index (χ3v) is 5.42. The first-order valence-corrected chi connectivity index (χ1v) is 9.62. The summed E-state index contributed by atoms with van der Waals surface area (Å²) in [4.78, 5) is 26.7. The SMILES string of the molecule is O=C(Nc1ccccc1Sc1ccc(Cl)cc1)c1n[nH]c(=O)c2ccccc12. The van der Waals surface area contributed by atoms with Crippen LogP contribution in [0.2, 0.25) is 5.02 Å². The number of nitrogens with zero attached hydrogens (tertiary/aromatic N) is 1. The lowest BCUT2D eigenvalue weighted by Gasteiger charge is -2.11. The van der Waals surface area contributed by atoms with Crippen LogP contribution in [0.4, 0.5) is 5.69 Å². The van der Waals surface area contributed by atoms with Gasteiger partial charge in [-0.3, -0.25) is 9.59 Å². The van der Waals surface area contributed by atoms with E-state index < -0.39 is 5.91 Å². The van der Waals surface area contributed by atoms with E-state index in [9.17, 15) is 9.59 Å². The van der Waals surface area contributed by atoms with Crippen LogP contribution in [0, 0.1) is 0 Å². The molecule has 7 heteroatoms. The van der Waals surface area contributed by atoms with Crippen LogP contribution in [0.1, 0.15) is 10.5 Å². The van der Waals surface area contributed by atoms with Gasteiger partial charge in [-0.1, -0.05) is 53.7 Å². The maximum atomic E-state index is 12.9. The Labute approximate surface area is 169 Å². The highest BCUT2D eigenvalue weighted by atomic mass is 35.5. The molecule has 138 valence electrons. The number of nitrogens with one attached hydrogen (secondary N) is 2. The molecule has 0 aliphatic rings. The molecule has 1 heterocycles. The fourth-order valence-electron chi connectivity index (χ4n) is 2.76. The molecule has 0 spiro atoms. The quantitative estimate of drug-likeness (QED) is 0.500. The minimum absolute atomic E-state index is 0.168. The molecule has 4 rings (SSSR count). The molecule has 0 aliphatic heterocycles. The molecule has 1 amide bonds. The molecular weight excluding hydrogens is 394 g/mol. The van der Waals surface area contributed by atoms with Gasteiger partial charge in [-0.25, -0.2) is 5.10 Å². The second-order valence-corrected chi connectivity index (χ2v) is 7.50. The number of carbonyl (C=O) groups is 1. The molecule has 2 N–H and O–H groups in total. The first-order chi connectivity index (χ1) is 13.6. The smallest absolute Gasteiger partial charge is 0.276 e. The minimum atomic E-state index is -0.392. The van der Waals surface area contributed by atoms with Crippen molar-refractivity contribution in [3.8, 4) is 0 Å². The Bertz CT molecular complexity index is 1220. The summed E-state index contributed by atoms with van der Waals surface area (Å²) in [6.45, 7) is 0. The average molecular weight is 408 g/mol. The third-order valence-electron chi connectivity index (χ3n) is 4.09. The molecule has 0 saturated heterocycles. The van der Waals surface area contributed by atoms with Crippen LogP contribution >= 0.6 is 23.4 Å². The summed E-state index contributed by atoms with van der Waals surface area (Å²) in [5.74, 6) is -0.392. The fraction of sp³-hybridized carbons (Fsp3) is 0. The van der Waals surface area contributed by atoms with Crippen molar-refractivity contribution in [1.82, 2.24) is 10.2 Å². The molecule has 0 atom stereocenters. The van der Waals surface area contributed by atoms with Crippen LogP contribution in [-0.4, -0.2) is 16.1 Å². The van der Waals surface area contributed by atoms with Crippen LogP contribution in [-0.2, 0) is 0 Å². The van der Waals surface area contributed by atoms with Crippen LogP contribution in [0.5, 0.6) is 0 Å². The number of benzene rings is 3. The summed E-state index contributed by atoms with van der Waals surface area (Å²) >= 11 is 7.46. The summed E-state index contributed by atoms with van der Waals surface area (Å²) < 4.78 is 0. The van der Waals surface area contributed by atoms with Crippen molar-refractivity contribution in [3.05, 3.63) is 93.9 Å². The molecule has 0 fully saturated rings. The fourth-order valence-corrected chi connectivity index (χ4v) is 3.79. The van der Waals surface area contributed by atoms with Gasteiger partial charge in [-0.15, -0.1) is 0 Å². The molecule has 0 radical (unpaired) electrons. The second kappa shape index (κ2) is 7.88. The Hall–Kier alpha value is -3.09. The number of H-pyrrole nitrogens is 1. The van der Waals surface area contributed by atoms with E-state index >= 15 is 0 Å². The molecular formula is C21H14ClN3O2S. The van der Waals surface area contributed by atoms with Crippen molar-refractivity contribution in [2.45, 2.75) is 9.79 Å². The van der Waals surface area contributed by atoms with Gasteiger partial charge in [-0.05, 0) is 42.5 Å². The van der Waals surface area contributed by atoms with Gasteiger partial charge in [0.25, 0.3) is 11.5 Å². The number of aromatic nitrogens is 2. The van der Waals surface area contributed by atoms with Crippen molar-refractivity contribution < 1.29 is 4.79 Å². The summed E-state index contributed by atoms with van der Waals surface area (Å²) in [5.41, 5.74) is 0.497. The summed E-state index contributed by atoms with van der Waals surface area (Å²) in [6, 6.07) is 21.9. The van der Waals surface area contributed by atoms with Gasteiger partial charge < -0.3 is 5.32 Å². The Balaban J connectivity index is 1.65. The predicted molar refractivity (Wildman–Crippen MR) is 112 cm³/mol. The van der Waals surface area contributed by atoms with Gasteiger partial charge in [-0.2, -0.15) is 5.10 Å². The van der Waals surface area contributed by atoms with Crippen LogP contribution < -0.4 is 10.9 Å². The van der Waals surface area contributed by atoms with Crippen molar-refractivity contribution in [2.75, 3.05) is 5.32 Å². The average Bonchev–Trinajstić information content (AvgIpc) is 2.71. The minimum Gasteiger partial charge on any atom is -0.320 e. The summed E-state index contributed by atoms with van der Waals surface area (Å²) in [6.07, 6.45) is 0. The van der Waals surface area contributed by atoms with Gasteiger partial charge in [0.2, 0.25) is 0 Å². The van der Waals surface area contributed by atoms with Crippen LogP contribution in [0.15, 0.2) is 87.4 Å². The number of fused-ring (bicyclic) bond motifs is 1. The van der Waals surface area contributed by atoms with Crippen LogP contribution in [0.3, 0.4) is 0 Å². The zero-order chi connectivity index (χ0) is 19.5. The number of rotatable bonds is 4. The first kappa shape index (κ1) is 18.3. The van der Waals surface area contributed by atoms with Gasteiger partial charge in [0.05, 0.1) is 11.1 Å². The molecule has 0 saturated carbocycles. The number of hydrogen-bond acceptors (Lipinski definition) is 4. The Morgan fingerprint density at radius 2 is 1.61 bits per heavy atom. The van der Waals surface area contributed by atoms with E-state index in [1.807, 2.05) is 48.5 Å². The molecule has 28 heavy (non-hydrogen) atoms. The number of aromatic amines is 1. The molecule has 4 aromatic rings. The molecule has 0 aliphatic carbocycles. The number of para-hydroxylation sites is 1. The van der Waals surface area contributed by atoms with Crippen LogP contribution in [0.25, 0.3) is 10.8 Å². The Morgan fingerprint density at radius 1 is 0.929 bits per heavy atom. The number of halogens is 1. The topological polar surface area (TPSA) is 74.8 Å². The third kappa shape index (κ3) is 3.78. The zero-order valence-electron chi connectivity index (χ0n) is 14.5. The maximum absolute atomic E-state index is 12.9. The summed E-state index contributed by atoms with van der Waals surface area (Å²) in [7, 11) is 0. The second-order valence-electron chi connectivity index (χ2n) is 5.95. The van der Waals surface area contributed by atoms with Gasteiger partial charge in [0.1, 0.15) is 0 Å². The molecule has 0 unspecified atom stereocenters. The first-order valence-electron chi connectivity index (χ1n) is 8.43. The number of amides is 1. The van der Waals surface area contributed by atoms with E-state index in [1.165, 1.54) is 11.8 Å². The van der Waals surface area contributed by atoms with Gasteiger partial charge in [0, 0.05) is 20.2 Å². The van der Waals surface area contributed by atoms with Crippen molar-refractivity contribution >= 4 is 45.7 Å². The molecule has 1 aromatic heterocycles. The number of carbonyl (C=O) groups excluding carboxylic acids is 1. The molecule has 5 nitrogen and oxygen atoms in total. The van der Waals surface area contributed by atoms with E-state index in [-0.39, 0.29) is 11.3 Å². The maximum Gasteiger partial charge on any atom is 0.276 e. The zero-order valence-corrected chi connectivity index (χ0v) is 16.1. The molecule has 3 aromatic carbocycles. The highest BCUT2D eigenvalue weighted by Crippen LogP contribution is 2.34. The predicted octanol–water partition coefficient (Wildman–Crippen LogP) is 4.98. The number of hydrogen-bond donors (Lipinski definition) is 2. The highest BCUT2D eigenvalue weighted by Gasteiger charge is 2.15. The van der Waals surface area contributed by atoms with E-state index in [1.54, 1.807) is 24.3 Å². The van der Waals surface area contributed by atoms with Gasteiger partial charge >= 0.3 is 0 Å². The highest BCUT2D eigenvalue weighted by molar-refractivity contribution is 7.99. The molecule has 0 bridgehead atoms. The van der Waals surface area contributed by atoms with E-state index in [0.29, 0.717) is 21.5 Å². The van der Waals surface area contributed by atoms with E-state index in [0.717, 1.165) is 9.79 Å².